The Hall–Kier alpha value is -1.75. The number of aliphatic hydroxyl groups excluding tert-OH is 1. The molecule has 0 aromatic heterocycles. The molecular formula is C20H31N3O6S. The normalized spacial score (nSPS) is 24.6. The lowest BCUT2D eigenvalue weighted by Gasteiger charge is -2.35. The molecule has 2 aliphatic heterocycles. The maximum Gasteiger partial charge on any atom is 0.312 e. The van der Waals surface area contributed by atoms with Crippen molar-refractivity contribution < 1.29 is 23.2 Å². The molecule has 2 heterocycles. The number of sulfonamides is 1. The van der Waals surface area contributed by atoms with Gasteiger partial charge in [0, 0.05) is 38.8 Å². The summed E-state index contributed by atoms with van der Waals surface area (Å²) in [4.78, 5) is 12.9. The number of nitro benzene ring substituents is 1. The van der Waals surface area contributed by atoms with E-state index in [1.54, 1.807) is 0 Å². The highest BCUT2D eigenvalue weighted by atomic mass is 32.2. The third kappa shape index (κ3) is 5.48. The first kappa shape index (κ1) is 22.9. The minimum atomic E-state index is -3.76. The van der Waals surface area contributed by atoms with Crippen LogP contribution in [0.25, 0.3) is 0 Å². The molecule has 0 radical (unpaired) electrons. The standard InChI is InChI=1S/C20H31N3O6S/c1-15-9-16(2)12-21(11-15)13-17(24)14-29-20-6-5-18(10-19(20)23(25)26)30(27,28)22-7-3-4-8-22/h5-6,10,15-17,24H,3-4,7-9,11-14H2,1-2H3/t15-,16-,17+/m1/s1. The molecule has 9 nitrogen and oxygen atoms in total. The van der Waals surface area contributed by atoms with E-state index in [0.29, 0.717) is 31.5 Å². The average Bonchev–Trinajstić information content (AvgIpc) is 3.21. The van der Waals surface area contributed by atoms with Crippen LogP contribution < -0.4 is 4.74 Å². The van der Waals surface area contributed by atoms with Gasteiger partial charge in [0.15, 0.2) is 5.75 Å². The number of benzene rings is 1. The quantitative estimate of drug-likeness (QED) is 0.485. The molecule has 2 aliphatic rings. The van der Waals surface area contributed by atoms with Crippen LogP contribution in [0.2, 0.25) is 0 Å². The van der Waals surface area contributed by atoms with Gasteiger partial charge >= 0.3 is 5.69 Å². The van der Waals surface area contributed by atoms with Gasteiger partial charge in [-0.25, -0.2) is 8.42 Å². The zero-order chi connectivity index (χ0) is 21.9. The summed E-state index contributed by atoms with van der Waals surface area (Å²) in [5, 5.41) is 21.9. The minimum absolute atomic E-state index is 0.0418. The van der Waals surface area contributed by atoms with E-state index in [1.807, 2.05) is 0 Å². The van der Waals surface area contributed by atoms with Crippen molar-refractivity contribution >= 4 is 15.7 Å². The number of β-amino-alcohol motifs (C(OH)–C–C–N with tert-alkyl or cyclic N) is 1. The first-order valence-electron chi connectivity index (χ1n) is 10.5. The van der Waals surface area contributed by atoms with Crippen molar-refractivity contribution in [2.75, 3.05) is 39.3 Å². The first-order valence-corrected chi connectivity index (χ1v) is 11.9. The van der Waals surface area contributed by atoms with E-state index in [9.17, 15) is 23.6 Å². The van der Waals surface area contributed by atoms with Gasteiger partial charge < -0.3 is 14.7 Å². The van der Waals surface area contributed by atoms with Crippen LogP contribution >= 0.6 is 0 Å². The van der Waals surface area contributed by atoms with Crippen LogP contribution in [-0.2, 0) is 10.0 Å². The number of likely N-dealkylation sites (tertiary alicyclic amines) is 1. The maximum absolute atomic E-state index is 12.7. The zero-order valence-electron chi connectivity index (χ0n) is 17.6. The molecule has 3 atom stereocenters. The summed E-state index contributed by atoms with van der Waals surface area (Å²) in [5.41, 5.74) is -0.414. The van der Waals surface area contributed by atoms with Crippen LogP contribution in [0.1, 0.15) is 33.1 Å². The second-order valence-corrected chi connectivity index (χ2v) is 10.6. The van der Waals surface area contributed by atoms with Gasteiger partial charge in [-0.05, 0) is 43.2 Å². The fourth-order valence-electron chi connectivity index (χ4n) is 4.48. The molecule has 0 bridgehead atoms. The molecule has 0 aliphatic carbocycles. The Morgan fingerprint density at radius 3 is 2.47 bits per heavy atom. The monoisotopic (exact) mass is 441 g/mol. The molecule has 10 heteroatoms. The fourth-order valence-corrected chi connectivity index (χ4v) is 6.02. The van der Waals surface area contributed by atoms with E-state index >= 15 is 0 Å². The molecule has 2 saturated heterocycles. The smallest absolute Gasteiger partial charge is 0.312 e. The second-order valence-electron chi connectivity index (χ2n) is 8.63. The van der Waals surface area contributed by atoms with Gasteiger partial charge in [-0.3, -0.25) is 10.1 Å². The minimum Gasteiger partial charge on any atom is -0.484 e. The molecule has 0 unspecified atom stereocenters. The molecular weight excluding hydrogens is 410 g/mol. The summed E-state index contributed by atoms with van der Waals surface area (Å²) >= 11 is 0. The average molecular weight is 442 g/mol. The van der Waals surface area contributed by atoms with Gasteiger partial charge in [0.1, 0.15) is 12.7 Å². The summed E-state index contributed by atoms with van der Waals surface area (Å²) in [6.07, 6.45) is 1.95. The van der Waals surface area contributed by atoms with Crippen molar-refractivity contribution in [2.24, 2.45) is 11.8 Å². The Morgan fingerprint density at radius 2 is 1.87 bits per heavy atom. The number of piperidine rings is 1. The van der Waals surface area contributed by atoms with Gasteiger partial charge in [0.2, 0.25) is 10.0 Å². The maximum atomic E-state index is 12.7. The lowest BCUT2D eigenvalue weighted by atomic mass is 9.92. The van der Waals surface area contributed by atoms with Crippen molar-refractivity contribution in [3.05, 3.63) is 28.3 Å². The number of nitro groups is 1. The Labute approximate surface area is 177 Å². The third-order valence-electron chi connectivity index (χ3n) is 5.67. The molecule has 168 valence electrons. The van der Waals surface area contributed by atoms with Crippen molar-refractivity contribution in [3.63, 3.8) is 0 Å². The number of nitrogens with zero attached hydrogens (tertiary/aromatic N) is 3. The summed E-state index contributed by atoms with van der Waals surface area (Å²) in [7, 11) is -3.76. The van der Waals surface area contributed by atoms with Gasteiger partial charge in [-0.2, -0.15) is 4.31 Å². The van der Waals surface area contributed by atoms with E-state index < -0.39 is 26.7 Å². The first-order chi connectivity index (χ1) is 14.2. The van der Waals surface area contributed by atoms with E-state index in [2.05, 4.69) is 18.7 Å². The van der Waals surface area contributed by atoms with Crippen molar-refractivity contribution in [1.29, 1.82) is 0 Å². The van der Waals surface area contributed by atoms with Gasteiger partial charge in [-0.1, -0.05) is 13.8 Å². The summed E-state index contributed by atoms with van der Waals surface area (Å²) < 4.78 is 32.2. The molecule has 1 N–H and O–H groups in total. The molecule has 1 aromatic carbocycles. The highest BCUT2D eigenvalue weighted by molar-refractivity contribution is 7.89. The number of hydrogen-bond acceptors (Lipinski definition) is 7. The Balaban J connectivity index is 1.66. The molecule has 0 spiro atoms. The predicted molar refractivity (Wildman–Crippen MR) is 112 cm³/mol. The van der Waals surface area contributed by atoms with Crippen LogP contribution in [0, 0.1) is 22.0 Å². The van der Waals surface area contributed by atoms with Gasteiger partial charge in [-0.15, -0.1) is 0 Å². The van der Waals surface area contributed by atoms with Gasteiger partial charge in [0.25, 0.3) is 0 Å². The second kappa shape index (κ2) is 9.59. The topological polar surface area (TPSA) is 113 Å². The number of hydrogen-bond donors (Lipinski definition) is 1. The van der Waals surface area contributed by atoms with Crippen LogP contribution in [0.4, 0.5) is 5.69 Å². The van der Waals surface area contributed by atoms with Gasteiger partial charge in [0.05, 0.1) is 9.82 Å². The Morgan fingerprint density at radius 1 is 1.23 bits per heavy atom. The Kier molecular flexibility index (Phi) is 7.33. The molecule has 2 fully saturated rings. The van der Waals surface area contributed by atoms with Crippen molar-refractivity contribution in [2.45, 2.75) is 44.1 Å². The van der Waals surface area contributed by atoms with Crippen LogP contribution in [0.15, 0.2) is 23.1 Å². The van der Waals surface area contributed by atoms with E-state index in [4.69, 9.17) is 4.74 Å². The van der Waals surface area contributed by atoms with Crippen LogP contribution in [-0.4, -0.2) is 73.1 Å². The fraction of sp³-hybridized carbons (Fsp3) is 0.700. The zero-order valence-corrected chi connectivity index (χ0v) is 18.4. The molecule has 3 rings (SSSR count). The number of ether oxygens (including phenoxy) is 1. The van der Waals surface area contributed by atoms with E-state index in [1.165, 1.54) is 22.9 Å². The molecule has 0 saturated carbocycles. The predicted octanol–water partition coefficient (Wildman–Crippen LogP) is 2.10. The van der Waals surface area contributed by atoms with E-state index in [-0.39, 0.29) is 17.3 Å². The van der Waals surface area contributed by atoms with E-state index in [0.717, 1.165) is 32.0 Å². The van der Waals surface area contributed by atoms with Crippen LogP contribution in [0.5, 0.6) is 5.75 Å². The van der Waals surface area contributed by atoms with Crippen molar-refractivity contribution in [3.8, 4) is 5.75 Å². The lowest BCUT2D eigenvalue weighted by Crippen LogP contribution is -2.44. The van der Waals surface area contributed by atoms with Crippen molar-refractivity contribution in [1.82, 2.24) is 9.21 Å². The summed E-state index contributed by atoms with van der Waals surface area (Å²) in [5.74, 6) is 1.08. The molecule has 0 amide bonds. The Bertz CT molecular complexity index is 846. The summed E-state index contributed by atoms with van der Waals surface area (Å²) in [6, 6.07) is 3.68. The summed E-state index contributed by atoms with van der Waals surface area (Å²) in [6.45, 7) is 7.37. The SMILES string of the molecule is C[C@@H]1C[C@@H](C)CN(C[C@H](O)COc2ccc(S(=O)(=O)N3CCCC3)cc2[N+](=O)[O-])C1. The lowest BCUT2D eigenvalue weighted by molar-refractivity contribution is -0.386. The molecule has 30 heavy (non-hydrogen) atoms. The largest absolute Gasteiger partial charge is 0.484 e. The highest BCUT2D eigenvalue weighted by Crippen LogP contribution is 2.32. The number of rotatable bonds is 8. The molecule has 1 aromatic rings. The number of aliphatic hydroxyl groups is 1. The third-order valence-corrected chi connectivity index (χ3v) is 7.57. The van der Waals surface area contributed by atoms with Crippen LogP contribution in [0.3, 0.4) is 0 Å². The highest BCUT2D eigenvalue weighted by Gasteiger charge is 2.30.